The van der Waals surface area contributed by atoms with E-state index in [4.69, 9.17) is 14.5 Å². The highest BCUT2D eigenvalue weighted by Crippen LogP contribution is 2.31. The van der Waals surface area contributed by atoms with Gasteiger partial charge in [-0.3, -0.25) is 4.79 Å². The van der Waals surface area contributed by atoms with E-state index >= 15 is 0 Å². The van der Waals surface area contributed by atoms with E-state index in [1.807, 2.05) is 66.9 Å². The molecule has 3 N–H and O–H groups in total. The summed E-state index contributed by atoms with van der Waals surface area (Å²) in [5.74, 6) is 0.984. The van der Waals surface area contributed by atoms with Crippen LogP contribution in [0.2, 0.25) is 0 Å². The highest BCUT2D eigenvalue weighted by atomic mass is 16.5. The first-order valence-electron chi connectivity index (χ1n) is 11.7. The molecule has 7 heteroatoms. The molecule has 0 saturated carbocycles. The van der Waals surface area contributed by atoms with E-state index in [0.717, 1.165) is 27.4 Å². The molecule has 0 radical (unpaired) electrons. The van der Waals surface area contributed by atoms with E-state index in [9.17, 15) is 9.90 Å². The summed E-state index contributed by atoms with van der Waals surface area (Å²) in [6, 6.07) is 22.3. The first kappa shape index (κ1) is 23.4. The third kappa shape index (κ3) is 4.61. The number of pyridine rings is 1. The number of aromatic amines is 1. The number of benzene rings is 3. The van der Waals surface area contributed by atoms with Crippen LogP contribution >= 0.6 is 0 Å². The zero-order valence-corrected chi connectivity index (χ0v) is 20.1. The molecule has 1 atom stereocenters. The number of hydrogen-bond donors (Lipinski definition) is 3. The highest BCUT2D eigenvalue weighted by molar-refractivity contribution is 6.07. The SMILES string of the molecule is COc1cc(OC)cc(-c2cc(C(=O)NC(CO)Cc3c[nH]c4ccccc34)c3ccccc3n2)c1. The lowest BCUT2D eigenvalue weighted by atomic mass is 10.0. The van der Waals surface area contributed by atoms with Gasteiger partial charge in [-0.25, -0.2) is 4.98 Å². The van der Waals surface area contributed by atoms with Gasteiger partial charge in [-0.2, -0.15) is 0 Å². The third-order valence-electron chi connectivity index (χ3n) is 6.30. The first-order chi connectivity index (χ1) is 17.6. The van der Waals surface area contributed by atoms with Crippen LogP contribution in [0.5, 0.6) is 11.5 Å². The largest absolute Gasteiger partial charge is 0.497 e. The molecule has 0 fully saturated rings. The molecule has 5 aromatic rings. The molecule has 2 heterocycles. The summed E-state index contributed by atoms with van der Waals surface area (Å²) in [7, 11) is 3.18. The second-order valence-corrected chi connectivity index (χ2v) is 8.59. The molecule has 182 valence electrons. The van der Waals surface area contributed by atoms with Crippen LogP contribution in [0.4, 0.5) is 0 Å². The number of amides is 1. The van der Waals surface area contributed by atoms with E-state index in [2.05, 4.69) is 10.3 Å². The third-order valence-corrected chi connectivity index (χ3v) is 6.30. The average molecular weight is 482 g/mol. The van der Waals surface area contributed by atoms with Crippen molar-refractivity contribution in [3.8, 4) is 22.8 Å². The molecule has 3 aromatic carbocycles. The molecule has 1 amide bonds. The van der Waals surface area contributed by atoms with E-state index in [1.54, 1.807) is 26.4 Å². The van der Waals surface area contributed by atoms with Crippen molar-refractivity contribution in [2.75, 3.05) is 20.8 Å². The van der Waals surface area contributed by atoms with Crippen molar-refractivity contribution >= 4 is 27.7 Å². The number of para-hydroxylation sites is 2. The number of H-pyrrole nitrogens is 1. The van der Waals surface area contributed by atoms with Gasteiger partial charge >= 0.3 is 0 Å². The number of aromatic nitrogens is 2. The average Bonchev–Trinajstić information content (AvgIpc) is 3.34. The van der Waals surface area contributed by atoms with Crippen molar-refractivity contribution in [2.24, 2.45) is 0 Å². The molecule has 1 unspecified atom stereocenters. The second kappa shape index (κ2) is 10.1. The summed E-state index contributed by atoms with van der Waals surface area (Å²) in [4.78, 5) is 21.6. The maximum Gasteiger partial charge on any atom is 0.252 e. The number of rotatable bonds is 8. The zero-order valence-electron chi connectivity index (χ0n) is 20.1. The lowest BCUT2D eigenvalue weighted by Crippen LogP contribution is -2.39. The molecule has 0 aliphatic carbocycles. The molecule has 0 aliphatic heterocycles. The summed E-state index contributed by atoms with van der Waals surface area (Å²) in [6.07, 6.45) is 2.42. The van der Waals surface area contributed by atoms with Gasteiger partial charge in [-0.05, 0) is 42.3 Å². The van der Waals surface area contributed by atoms with E-state index < -0.39 is 6.04 Å². The van der Waals surface area contributed by atoms with Crippen molar-refractivity contribution in [3.05, 3.63) is 90.1 Å². The fourth-order valence-electron chi connectivity index (χ4n) is 4.46. The maximum atomic E-state index is 13.5. The lowest BCUT2D eigenvalue weighted by Gasteiger charge is -2.18. The van der Waals surface area contributed by atoms with E-state index in [1.165, 1.54) is 0 Å². The standard InChI is InChI=1S/C29H27N3O4/c1-35-21-12-18(13-22(14-21)36-2)28-15-25(24-8-4-6-10-27(24)32-28)29(34)31-20(17-33)11-19-16-30-26-9-5-3-7-23(19)26/h3-10,12-16,20,30,33H,11,17H2,1-2H3,(H,31,34). The van der Waals surface area contributed by atoms with Crippen LogP contribution in [0.25, 0.3) is 33.1 Å². The molecule has 2 aromatic heterocycles. The minimum atomic E-state index is -0.455. The van der Waals surface area contributed by atoms with Gasteiger partial charge in [-0.1, -0.05) is 36.4 Å². The van der Waals surface area contributed by atoms with Gasteiger partial charge in [0.2, 0.25) is 0 Å². The number of nitrogens with one attached hydrogen (secondary N) is 2. The highest BCUT2D eigenvalue weighted by Gasteiger charge is 2.19. The van der Waals surface area contributed by atoms with Gasteiger partial charge in [0.05, 0.1) is 43.6 Å². The van der Waals surface area contributed by atoms with Crippen molar-refractivity contribution in [1.82, 2.24) is 15.3 Å². The van der Waals surface area contributed by atoms with Crippen molar-refractivity contribution in [2.45, 2.75) is 12.5 Å². The van der Waals surface area contributed by atoms with Crippen LogP contribution in [0.1, 0.15) is 15.9 Å². The fraction of sp³-hybridized carbons (Fsp3) is 0.172. The smallest absolute Gasteiger partial charge is 0.252 e. The summed E-state index contributed by atoms with van der Waals surface area (Å²) < 4.78 is 10.8. The molecule has 0 bridgehead atoms. The molecular formula is C29H27N3O4. The number of nitrogens with zero attached hydrogens (tertiary/aromatic N) is 1. The summed E-state index contributed by atoms with van der Waals surface area (Å²) in [6.45, 7) is -0.186. The van der Waals surface area contributed by atoms with Crippen LogP contribution in [-0.4, -0.2) is 47.8 Å². The van der Waals surface area contributed by atoms with Crippen LogP contribution in [0.15, 0.2) is 79.0 Å². The van der Waals surface area contributed by atoms with Crippen molar-refractivity contribution in [1.29, 1.82) is 0 Å². The topological polar surface area (TPSA) is 96.5 Å². The molecule has 0 spiro atoms. The van der Waals surface area contributed by atoms with Crippen LogP contribution in [0, 0.1) is 0 Å². The van der Waals surface area contributed by atoms with Crippen LogP contribution in [-0.2, 0) is 6.42 Å². The Hall–Kier alpha value is -4.36. The summed E-state index contributed by atoms with van der Waals surface area (Å²) in [5.41, 5.74) is 4.62. The quantitative estimate of drug-likeness (QED) is 0.298. The van der Waals surface area contributed by atoms with Gasteiger partial charge in [0.1, 0.15) is 11.5 Å². The first-order valence-corrected chi connectivity index (χ1v) is 11.7. The van der Waals surface area contributed by atoms with Crippen LogP contribution < -0.4 is 14.8 Å². The van der Waals surface area contributed by atoms with Crippen molar-refractivity contribution in [3.63, 3.8) is 0 Å². The Kier molecular flexibility index (Phi) is 6.56. The Bertz CT molecular complexity index is 1520. The predicted octanol–water partition coefficient (Wildman–Crippen LogP) is 4.73. The normalized spacial score (nSPS) is 12.0. The van der Waals surface area contributed by atoms with Crippen LogP contribution in [0.3, 0.4) is 0 Å². The predicted molar refractivity (Wildman–Crippen MR) is 141 cm³/mol. The fourth-order valence-corrected chi connectivity index (χ4v) is 4.46. The minimum absolute atomic E-state index is 0.186. The van der Waals surface area contributed by atoms with Gasteiger partial charge in [0.25, 0.3) is 5.91 Å². The molecule has 0 aliphatic rings. The summed E-state index contributed by atoms with van der Waals surface area (Å²) in [5, 5.41) is 14.9. The van der Waals surface area contributed by atoms with Crippen molar-refractivity contribution < 1.29 is 19.4 Å². The minimum Gasteiger partial charge on any atom is -0.497 e. The lowest BCUT2D eigenvalue weighted by molar-refractivity contribution is 0.0918. The number of carbonyl (C=O) groups excluding carboxylic acids is 1. The number of aliphatic hydroxyl groups is 1. The maximum absolute atomic E-state index is 13.5. The number of hydrogen-bond acceptors (Lipinski definition) is 5. The van der Waals surface area contributed by atoms with Gasteiger partial charge < -0.3 is 24.9 Å². The van der Waals surface area contributed by atoms with E-state index in [0.29, 0.717) is 34.7 Å². The Labute approximate surface area is 208 Å². The second-order valence-electron chi connectivity index (χ2n) is 8.59. The Morgan fingerprint density at radius 2 is 1.67 bits per heavy atom. The molecule has 36 heavy (non-hydrogen) atoms. The molecule has 5 rings (SSSR count). The Morgan fingerprint density at radius 1 is 0.972 bits per heavy atom. The number of fused-ring (bicyclic) bond motifs is 2. The monoisotopic (exact) mass is 481 g/mol. The van der Waals surface area contributed by atoms with Gasteiger partial charge in [0.15, 0.2) is 0 Å². The molecule has 0 saturated heterocycles. The Morgan fingerprint density at radius 3 is 2.39 bits per heavy atom. The number of ether oxygens (including phenoxy) is 2. The number of carbonyl (C=O) groups is 1. The van der Waals surface area contributed by atoms with Gasteiger partial charge in [-0.15, -0.1) is 0 Å². The van der Waals surface area contributed by atoms with Gasteiger partial charge in [0, 0.05) is 34.1 Å². The number of aliphatic hydroxyl groups excluding tert-OH is 1. The van der Waals surface area contributed by atoms with E-state index in [-0.39, 0.29) is 12.5 Å². The molecular weight excluding hydrogens is 454 g/mol. The Balaban J connectivity index is 1.50. The summed E-state index contributed by atoms with van der Waals surface area (Å²) >= 11 is 0. The molecule has 7 nitrogen and oxygen atoms in total. The number of methoxy groups -OCH3 is 2. The zero-order chi connectivity index (χ0) is 25.1.